The summed E-state index contributed by atoms with van der Waals surface area (Å²) in [4.78, 5) is 4.51. The van der Waals surface area contributed by atoms with Gasteiger partial charge in [0.05, 0.1) is 6.61 Å². The van der Waals surface area contributed by atoms with E-state index in [2.05, 4.69) is 15.1 Å². The van der Waals surface area contributed by atoms with Crippen LogP contribution in [0.2, 0.25) is 0 Å². The third kappa shape index (κ3) is 3.73. The highest BCUT2D eigenvalue weighted by Crippen LogP contribution is 2.26. The Morgan fingerprint density at radius 2 is 1.95 bits per heavy atom. The summed E-state index contributed by atoms with van der Waals surface area (Å²) in [6.07, 6.45) is 2.42. The van der Waals surface area contributed by atoms with Crippen LogP contribution in [-0.2, 0) is 6.54 Å². The highest BCUT2D eigenvalue weighted by Gasteiger charge is 2.23. The number of halogens is 1. The Morgan fingerprint density at radius 3 is 2.62 bits per heavy atom. The minimum absolute atomic E-state index is 0.113. The normalized spacial score (nSPS) is 20.0. The molecule has 1 aliphatic heterocycles. The molecule has 5 heteroatoms. The van der Waals surface area contributed by atoms with Gasteiger partial charge >= 0.3 is 0 Å². The lowest BCUT2D eigenvalue weighted by Crippen LogP contribution is -2.47. The van der Waals surface area contributed by atoms with Crippen molar-refractivity contribution in [3.8, 4) is 0 Å². The Labute approximate surface area is 125 Å². The topological polar surface area (TPSA) is 38.7 Å². The average Bonchev–Trinajstić information content (AvgIpc) is 3.31. The summed E-state index contributed by atoms with van der Waals surface area (Å²) in [6, 6.07) is 5.95. The fourth-order valence-corrected chi connectivity index (χ4v) is 2.91. The summed E-state index contributed by atoms with van der Waals surface area (Å²) in [7, 11) is 0. The first-order chi connectivity index (χ1) is 10.3. The Bertz CT molecular complexity index is 471. The molecule has 0 radical (unpaired) electrons. The summed E-state index contributed by atoms with van der Waals surface area (Å²) in [5, 5.41) is 12.4. The first kappa shape index (κ1) is 14.8. The molecule has 0 aromatic heterocycles. The second kappa shape index (κ2) is 6.73. The number of β-amino-alcohol motifs (C(OH)–C–C–N with tert-alkyl or cyclic N) is 1. The van der Waals surface area contributed by atoms with Crippen molar-refractivity contribution < 1.29 is 9.50 Å². The highest BCUT2D eigenvalue weighted by molar-refractivity contribution is 5.54. The highest BCUT2D eigenvalue weighted by atomic mass is 19.1. The number of piperazine rings is 1. The van der Waals surface area contributed by atoms with Gasteiger partial charge in [-0.1, -0.05) is 6.07 Å². The molecule has 1 heterocycles. The molecule has 4 nitrogen and oxygen atoms in total. The largest absolute Gasteiger partial charge is 0.395 e. The Kier molecular flexibility index (Phi) is 4.73. The number of aliphatic hydroxyl groups is 1. The Hall–Kier alpha value is -1.17. The van der Waals surface area contributed by atoms with Gasteiger partial charge in [0.1, 0.15) is 5.82 Å². The zero-order chi connectivity index (χ0) is 14.7. The van der Waals surface area contributed by atoms with Gasteiger partial charge in [0.15, 0.2) is 0 Å². The fourth-order valence-electron chi connectivity index (χ4n) is 2.91. The maximum absolute atomic E-state index is 14.2. The summed E-state index contributed by atoms with van der Waals surface area (Å²) in [6.45, 7) is 5.17. The van der Waals surface area contributed by atoms with Crippen molar-refractivity contribution in [2.45, 2.75) is 25.4 Å². The van der Waals surface area contributed by atoms with Crippen LogP contribution in [0.15, 0.2) is 18.2 Å². The molecule has 21 heavy (non-hydrogen) atoms. The van der Waals surface area contributed by atoms with Crippen molar-refractivity contribution in [2.24, 2.45) is 0 Å². The van der Waals surface area contributed by atoms with Gasteiger partial charge in [-0.3, -0.25) is 4.90 Å². The summed E-state index contributed by atoms with van der Waals surface area (Å²) in [5.41, 5.74) is 1.81. The van der Waals surface area contributed by atoms with Gasteiger partial charge in [0, 0.05) is 56.6 Å². The van der Waals surface area contributed by atoms with Crippen LogP contribution in [0.1, 0.15) is 18.4 Å². The van der Waals surface area contributed by atoms with E-state index < -0.39 is 0 Å². The number of nitrogens with one attached hydrogen (secondary N) is 1. The van der Waals surface area contributed by atoms with Crippen molar-refractivity contribution in [3.63, 3.8) is 0 Å². The lowest BCUT2D eigenvalue weighted by atomic mass is 10.1. The van der Waals surface area contributed by atoms with E-state index in [9.17, 15) is 4.39 Å². The van der Waals surface area contributed by atoms with Crippen LogP contribution < -0.4 is 10.2 Å². The molecule has 0 atom stereocenters. The molecule has 1 aliphatic carbocycles. The maximum Gasteiger partial charge on any atom is 0.129 e. The van der Waals surface area contributed by atoms with Gasteiger partial charge in [-0.25, -0.2) is 4.39 Å². The molecule has 2 aliphatic rings. The number of hydrogen-bond donors (Lipinski definition) is 2. The SMILES string of the molecule is OCCN1CCN(c2cccc(F)c2CNC2CC2)CC1. The molecule has 0 amide bonds. The monoisotopic (exact) mass is 293 g/mol. The van der Waals surface area contributed by atoms with E-state index in [1.807, 2.05) is 6.07 Å². The van der Waals surface area contributed by atoms with E-state index in [0.717, 1.165) is 44.0 Å². The van der Waals surface area contributed by atoms with Crippen LogP contribution in [-0.4, -0.2) is 55.4 Å². The standard InChI is InChI=1S/C16H24FN3O/c17-15-2-1-3-16(14(15)12-18-13-4-5-13)20-8-6-19(7-9-20)10-11-21/h1-3,13,18,21H,4-12H2. The Morgan fingerprint density at radius 1 is 1.19 bits per heavy atom. The summed E-state index contributed by atoms with van der Waals surface area (Å²) < 4.78 is 14.2. The van der Waals surface area contributed by atoms with Gasteiger partial charge < -0.3 is 15.3 Å². The Balaban J connectivity index is 1.67. The predicted octanol–water partition coefficient (Wildman–Crippen LogP) is 1.19. The van der Waals surface area contributed by atoms with Crippen LogP contribution in [0.25, 0.3) is 0 Å². The number of anilines is 1. The number of aliphatic hydroxyl groups excluding tert-OH is 1. The molecule has 0 unspecified atom stereocenters. The lowest BCUT2D eigenvalue weighted by molar-refractivity contribution is 0.188. The van der Waals surface area contributed by atoms with Crippen molar-refractivity contribution in [3.05, 3.63) is 29.6 Å². The zero-order valence-electron chi connectivity index (χ0n) is 12.4. The van der Waals surface area contributed by atoms with Gasteiger partial charge in [0.25, 0.3) is 0 Å². The fraction of sp³-hybridized carbons (Fsp3) is 0.625. The van der Waals surface area contributed by atoms with E-state index in [4.69, 9.17) is 5.11 Å². The third-order valence-corrected chi connectivity index (χ3v) is 4.37. The van der Waals surface area contributed by atoms with Gasteiger partial charge in [-0.15, -0.1) is 0 Å². The van der Waals surface area contributed by atoms with Crippen LogP contribution in [0, 0.1) is 5.82 Å². The molecule has 1 aromatic rings. The molecule has 1 saturated carbocycles. The smallest absolute Gasteiger partial charge is 0.129 e. The number of benzene rings is 1. The molecule has 2 fully saturated rings. The molecule has 2 N–H and O–H groups in total. The molecule has 116 valence electrons. The minimum atomic E-state index is -0.113. The zero-order valence-corrected chi connectivity index (χ0v) is 12.4. The van der Waals surface area contributed by atoms with Crippen LogP contribution in [0.3, 0.4) is 0 Å². The van der Waals surface area contributed by atoms with Crippen LogP contribution in [0.5, 0.6) is 0 Å². The molecule has 0 spiro atoms. The maximum atomic E-state index is 14.2. The first-order valence-electron chi connectivity index (χ1n) is 7.87. The van der Waals surface area contributed by atoms with Crippen LogP contribution >= 0.6 is 0 Å². The summed E-state index contributed by atoms with van der Waals surface area (Å²) in [5.74, 6) is -0.113. The minimum Gasteiger partial charge on any atom is -0.395 e. The van der Waals surface area contributed by atoms with E-state index in [1.54, 1.807) is 12.1 Å². The molecular weight excluding hydrogens is 269 g/mol. The van der Waals surface area contributed by atoms with Gasteiger partial charge in [-0.05, 0) is 25.0 Å². The predicted molar refractivity (Wildman–Crippen MR) is 82.0 cm³/mol. The number of hydrogen-bond acceptors (Lipinski definition) is 4. The van der Waals surface area contributed by atoms with E-state index in [-0.39, 0.29) is 12.4 Å². The lowest BCUT2D eigenvalue weighted by Gasteiger charge is -2.36. The second-order valence-corrected chi connectivity index (χ2v) is 5.94. The molecule has 1 aromatic carbocycles. The van der Waals surface area contributed by atoms with E-state index in [1.165, 1.54) is 12.8 Å². The van der Waals surface area contributed by atoms with Gasteiger partial charge in [-0.2, -0.15) is 0 Å². The second-order valence-electron chi connectivity index (χ2n) is 5.94. The van der Waals surface area contributed by atoms with E-state index in [0.29, 0.717) is 12.6 Å². The van der Waals surface area contributed by atoms with E-state index >= 15 is 0 Å². The summed E-state index contributed by atoms with van der Waals surface area (Å²) >= 11 is 0. The number of rotatable bonds is 6. The van der Waals surface area contributed by atoms with Gasteiger partial charge in [0.2, 0.25) is 0 Å². The average molecular weight is 293 g/mol. The molecular formula is C16H24FN3O. The van der Waals surface area contributed by atoms with Crippen molar-refractivity contribution in [2.75, 3.05) is 44.2 Å². The first-order valence-corrected chi connectivity index (χ1v) is 7.87. The van der Waals surface area contributed by atoms with Crippen LogP contribution in [0.4, 0.5) is 10.1 Å². The molecule has 3 rings (SSSR count). The quantitative estimate of drug-likeness (QED) is 0.826. The van der Waals surface area contributed by atoms with Crippen molar-refractivity contribution in [1.29, 1.82) is 0 Å². The molecule has 0 bridgehead atoms. The number of nitrogens with zero attached hydrogens (tertiary/aromatic N) is 2. The van der Waals surface area contributed by atoms with Crippen molar-refractivity contribution in [1.82, 2.24) is 10.2 Å². The molecule has 1 saturated heterocycles. The third-order valence-electron chi connectivity index (χ3n) is 4.37. The van der Waals surface area contributed by atoms with Crippen molar-refractivity contribution >= 4 is 5.69 Å².